The summed E-state index contributed by atoms with van der Waals surface area (Å²) in [5, 5.41) is 8.19. The molecular weight excluding hydrogens is 352 g/mol. The molecule has 2 heterocycles. The minimum atomic E-state index is -0.185. The summed E-state index contributed by atoms with van der Waals surface area (Å²) in [6.07, 6.45) is 3.50. The van der Waals surface area contributed by atoms with Gasteiger partial charge in [-0.25, -0.2) is 0 Å². The molecule has 4 aromatic rings. The first-order valence-electron chi connectivity index (χ1n) is 9.07. The molecule has 0 aliphatic heterocycles. The first-order chi connectivity index (χ1) is 13.5. The fourth-order valence-electron chi connectivity index (χ4n) is 3.32. The van der Waals surface area contributed by atoms with E-state index in [9.17, 15) is 4.79 Å². The molecule has 6 heteroatoms. The molecule has 142 valence electrons. The lowest BCUT2D eigenvalue weighted by Crippen LogP contribution is -2.15. The van der Waals surface area contributed by atoms with Gasteiger partial charge in [-0.1, -0.05) is 35.9 Å². The standard InChI is InChI=1S/C22H22N4O2/c1-15-7-9-16(10-8-15)13-26-14-17(12-23-26)24-22(27)20-11-18-19(25(20)2)5-4-6-21(18)28-3/h4-12,14H,13H2,1-3H3,(H,24,27). The number of methoxy groups -OCH3 is 1. The minimum absolute atomic E-state index is 0.185. The molecule has 0 aliphatic rings. The van der Waals surface area contributed by atoms with Crippen LogP contribution in [0.5, 0.6) is 5.75 Å². The molecule has 0 spiro atoms. The van der Waals surface area contributed by atoms with E-state index in [1.165, 1.54) is 5.56 Å². The molecule has 2 aromatic heterocycles. The molecule has 0 bridgehead atoms. The highest BCUT2D eigenvalue weighted by Gasteiger charge is 2.16. The Morgan fingerprint density at radius 3 is 2.71 bits per heavy atom. The maximum absolute atomic E-state index is 12.8. The van der Waals surface area contributed by atoms with E-state index in [0.717, 1.165) is 22.2 Å². The first kappa shape index (κ1) is 17.9. The summed E-state index contributed by atoms with van der Waals surface area (Å²) in [5.41, 5.74) is 4.55. The van der Waals surface area contributed by atoms with Gasteiger partial charge in [0.05, 0.1) is 31.1 Å². The van der Waals surface area contributed by atoms with Gasteiger partial charge in [-0.05, 0) is 30.7 Å². The molecule has 4 rings (SSSR count). The lowest BCUT2D eigenvalue weighted by Gasteiger charge is -2.05. The number of aryl methyl sites for hydroxylation is 2. The SMILES string of the molecule is COc1cccc2c1cc(C(=O)Nc1cnn(Cc3ccc(C)cc3)c1)n2C. The van der Waals surface area contributed by atoms with Gasteiger partial charge < -0.3 is 14.6 Å². The van der Waals surface area contributed by atoms with Gasteiger partial charge in [-0.2, -0.15) is 5.10 Å². The van der Waals surface area contributed by atoms with Crippen LogP contribution in [-0.2, 0) is 13.6 Å². The van der Waals surface area contributed by atoms with Crippen LogP contribution >= 0.6 is 0 Å². The molecule has 28 heavy (non-hydrogen) atoms. The van der Waals surface area contributed by atoms with E-state index in [4.69, 9.17) is 4.74 Å². The molecule has 1 N–H and O–H groups in total. The van der Waals surface area contributed by atoms with Gasteiger partial charge in [0.1, 0.15) is 11.4 Å². The number of carbonyl (C=O) groups excluding carboxylic acids is 1. The zero-order valence-electron chi connectivity index (χ0n) is 16.1. The summed E-state index contributed by atoms with van der Waals surface area (Å²) in [6.45, 7) is 2.72. The van der Waals surface area contributed by atoms with E-state index in [1.807, 2.05) is 46.8 Å². The van der Waals surface area contributed by atoms with Gasteiger partial charge in [0.15, 0.2) is 0 Å². The number of aromatic nitrogens is 3. The van der Waals surface area contributed by atoms with E-state index < -0.39 is 0 Å². The average molecular weight is 374 g/mol. The van der Waals surface area contributed by atoms with Crippen molar-refractivity contribution in [3.8, 4) is 5.75 Å². The van der Waals surface area contributed by atoms with Gasteiger partial charge in [0.2, 0.25) is 0 Å². The van der Waals surface area contributed by atoms with Crippen LogP contribution in [0.4, 0.5) is 5.69 Å². The van der Waals surface area contributed by atoms with Crippen molar-refractivity contribution >= 4 is 22.5 Å². The second kappa shape index (κ2) is 7.23. The van der Waals surface area contributed by atoms with Crippen molar-refractivity contribution in [1.82, 2.24) is 14.3 Å². The number of nitrogens with zero attached hydrogens (tertiary/aromatic N) is 3. The Balaban J connectivity index is 1.53. The summed E-state index contributed by atoms with van der Waals surface area (Å²) in [7, 11) is 3.50. The third-order valence-electron chi connectivity index (χ3n) is 4.86. The van der Waals surface area contributed by atoms with Crippen LogP contribution in [0.1, 0.15) is 21.6 Å². The third kappa shape index (κ3) is 3.36. The summed E-state index contributed by atoms with van der Waals surface area (Å²) >= 11 is 0. The van der Waals surface area contributed by atoms with Crippen molar-refractivity contribution in [3.63, 3.8) is 0 Å². The zero-order chi connectivity index (χ0) is 19.7. The van der Waals surface area contributed by atoms with Crippen LogP contribution in [0.3, 0.4) is 0 Å². The van der Waals surface area contributed by atoms with Crippen molar-refractivity contribution in [2.24, 2.45) is 7.05 Å². The molecule has 2 aromatic carbocycles. The number of nitrogens with one attached hydrogen (secondary N) is 1. The molecule has 0 fully saturated rings. The number of rotatable bonds is 5. The monoisotopic (exact) mass is 374 g/mol. The van der Waals surface area contributed by atoms with Crippen LogP contribution in [-0.4, -0.2) is 27.4 Å². The van der Waals surface area contributed by atoms with Crippen LogP contribution in [0.2, 0.25) is 0 Å². The van der Waals surface area contributed by atoms with Gasteiger partial charge in [0, 0.05) is 18.6 Å². The highest BCUT2D eigenvalue weighted by molar-refractivity contribution is 6.07. The quantitative estimate of drug-likeness (QED) is 0.574. The lowest BCUT2D eigenvalue weighted by atomic mass is 10.1. The number of anilines is 1. The number of benzene rings is 2. The maximum Gasteiger partial charge on any atom is 0.272 e. The molecule has 0 atom stereocenters. The predicted octanol–water partition coefficient (Wildman–Crippen LogP) is 3.99. The summed E-state index contributed by atoms with van der Waals surface area (Å²) < 4.78 is 9.08. The summed E-state index contributed by atoms with van der Waals surface area (Å²) in [5.74, 6) is 0.564. The molecule has 0 radical (unpaired) electrons. The Hall–Kier alpha value is -3.54. The van der Waals surface area contributed by atoms with E-state index in [-0.39, 0.29) is 5.91 Å². The number of carbonyl (C=O) groups is 1. The Morgan fingerprint density at radius 1 is 1.18 bits per heavy atom. The van der Waals surface area contributed by atoms with Crippen molar-refractivity contribution in [1.29, 1.82) is 0 Å². The third-order valence-corrected chi connectivity index (χ3v) is 4.86. The molecule has 6 nitrogen and oxygen atoms in total. The number of ether oxygens (including phenoxy) is 1. The number of hydrogen-bond donors (Lipinski definition) is 1. The topological polar surface area (TPSA) is 61.1 Å². The average Bonchev–Trinajstić information content (AvgIpc) is 3.27. The Labute approximate surface area is 163 Å². The van der Waals surface area contributed by atoms with Crippen molar-refractivity contribution in [2.75, 3.05) is 12.4 Å². The molecule has 1 amide bonds. The van der Waals surface area contributed by atoms with Gasteiger partial charge >= 0.3 is 0 Å². The van der Waals surface area contributed by atoms with Crippen LogP contribution < -0.4 is 10.1 Å². The van der Waals surface area contributed by atoms with E-state index in [1.54, 1.807) is 13.3 Å². The zero-order valence-corrected chi connectivity index (χ0v) is 16.1. The van der Waals surface area contributed by atoms with Crippen molar-refractivity contribution in [3.05, 3.63) is 77.7 Å². The summed E-state index contributed by atoms with van der Waals surface area (Å²) in [6, 6.07) is 15.9. The Kier molecular flexibility index (Phi) is 4.61. The lowest BCUT2D eigenvalue weighted by molar-refractivity contribution is 0.101. The van der Waals surface area contributed by atoms with Crippen LogP contribution in [0.15, 0.2) is 60.9 Å². The van der Waals surface area contributed by atoms with Gasteiger partial charge in [-0.15, -0.1) is 0 Å². The van der Waals surface area contributed by atoms with E-state index in [0.29, 0.717) is 17.9 Å². The molecule has 0 saturated heterocycles. The normalized spacial score (nSPS) is 11.0. The van der Waals surface area contributed by atoms with Gasteiger partial charge in [-0.3, -0.25) is 9.48 Å². The van der Waals surface area contributed by atoms with Gasteiger partial charge in [0.25, 0.3) is 5.91 Å². The molecule has 0 saturated carbocycles. The molecule has 0 unspecified atom stereocenters. The second-order valence-electron chi connectivity index (χ2n) is 6.85. The van der Waals surface area contributed by atoms with E-state index in [2.05, 4.69) is 41.6 Å². The Morgan fingerprint density at radius 2 is 1.96 bits per heavy atom. The van der Waals surface area contributed by atoms with Crippen molar-refractivity contribution < 1.29 is 9.53 Å². The highest BCUT2D eigenvalue weighted by atomic mass is 16.5. The minimum Gasteiger partial charge on any atom is -0.496 e. The fraction of sp³-hybridized carbons (Fsp3) is 0.182. The Bertz CT molecular complexity index is 1140. The number of fused-ring (bicyclic) bond motifs is 1. The largest absolute Gasteiger partial charge is 0.496 e. The summed E-state index contributed by atoms with van der Waals surface area (Å²) in [4.78, 5) is 12.8. The number of hydrogen-bond acceptors (Lipinski definition) is 3. The fourth-order valence-corrected chi connectivity index (χ4v) is 3.32. The molecular formula is C22H22N4O2. The number of amides is 1. The second-order valence-corrected chi connectivity index (χ2v) is 6.85. The first-order valence-corrected chi connectivity index (χ1v) is 9.07. The van der Waals surface area contributed by atoms with Crippen molar-refractivity contribution in [2.45, 2.75) is 13.5 Å². The molecule has 0 aliphatic carbocycles. The maximum atomic E-state index is 12.8. The van der Waals surface area contributed by atoms with Crippen LogP contribution in [0.25, 0.3) is 10.9 Å². The van der Waals surface area contributed by atoms with E-state index >= 15 is 0 Å². The van der Waals surface area contributed by atoms with Crippen LogP contribution in [0, 0.1) is 6.92 Å². The predicted molar refractivity (Wildman–Crippen MR) is 110 cm³/mol. The smallest absolute Gasteiger partial charge is 0.272 e. The highest BCUT2D eigenvalue weighted by Crippen LogP contribution is 2.28.